The lowest BCUT2D eigenvalue weighted by Crippen LogP contribution is -2.14. The summed E-state index contributed by atoms with van der Waals surface area (Å²) in [4.78, 5) is 13.1. The third-order valence-corrected chi connectivity index (χ3v) is 6.51. The van der Waals surface area contributed by atoms with Crippen LogP contribution in [0.3, 0.4) is 0 Å². The van der Waals surface area contributed by atoms with Crippen LogP contribution in [0, 0.1) is 13.8 Å². The van der Waals surface area contributed by atoms with Gasteiger partial charge in [-0.15, -0.1) is 0 Å². The molecule has 0 spiro atoms. The molecule has 0 aliphatic rings. The van der Waals surface area contributed by atoms with Crippen molar-refractivity contribution in [3.05, 3.63) is 119 Å². The quantitative estimate of drug-likeness (QED) is 0.249. The van der Waals surface area contributed by atoms with Crippen LogP contribution in [0.1, 0.15) is 27.4 Å². The van der Waals surface area contributed by atoms with Crippen molar-refractivity contribution < 1.29 is 18.0 Å². The second kappa shape index (κ2) is 9.87. The van der Waals surface area contributed by atoms with E-state index in [9.17, 15) is 18.0 Å². The van der Waals surface area contributed by atoms with E-state index in [1.165, 1.54) is 0 Å². The van der Waals surface area contributed by atoms with E-state index in [4.69, 9.17) is 11.6 Å². The summed E-state index contributed by atoms with van der Waals surface area (Å²) in [5.41, 5.74) is 3.80. The number of amides is 1. The van der Waals surface area contributed by atoms with Crippen LogP contribution in [0.2, 0.25) is 5.02 Å². The molecule has 0 atom stereocenters. The van der Waals surface area contributed by atoms with Crippen molar-refractivity contribution in [2.75, 3.05) is 5.32 Å². The molecule has 0 aliphatic carbocycles. The molecule has 38 heavy (non-hydrogen) atoms. The largest absolute Gasteiger partial charge is 0.435 e. The molecule has 2 heterocycles. The zero-order chi connectivity index (χ0) is 27.0. The molecule has 0 radical (unpaired) electrons. The number of rotatable bonds is 5. The lowest BCUT2D eigenvalue weighted by molar-refractivity contribution is -0.141. The zero-order valence-corrected chi connectivity index (χ0v) is 21.2. The van der Waals surface area contributed by atoms with Crippen molar-refractivity contribution in [3.63, 3.8) is 0 Å². The Balaban J connectivity index is 1.47. The van der Waals surface area contributed by atoms with E-state index in [2.05, 4.69) is 10.4 Å². The minimum absolute atomic E-state index is 0.196. The molecule has 5 rings (SSSR count). The van der Waals surface area contributed by atoms with Gasteiger partial charge in [0.15, 0.2) is 5.69 Å². The monoisotopic (exact) mass is 534 g/mol. The summed E-state index contributed by atoms with van der Waals surface area (Å²) in [6, 6.07) is 25.3. The number of nitrogens with one attached hydrogen (secondary N) is 1. The van der Waals surface area contributed by atoms with E-state index in [0.717, 1.165) is 27.8 Å². The molecule has 3 aromatic carbocycles. The third-order valence-electron chi connectivity index (χ3n) is 6.19. The van der Waals surface area contributed by atoms with Gasteiger partial charge in [-0.05, 0) is 68.4 Å². The number of para-hydroxylation sites is 3. The Kier molecular flexibility index (Phi) is 6.59. The van der Waals surface area contributed by atoms with Gasteiger partial charge in [0.1, 0.15) is 0 Å². The first-order valence-corrected chi connectivity index (χ1v) is 12.1. The highest BCUT2D eigenvalue weighted by Gasteiger charge is 2.35. The van der Waals surface area contributed by atoms with Crippen molar-refractivity contribution >= 4 is 23.2 Å². The minimum atomic E-state index is -4.63. The van der Waals surface area contributed by atoms with Crippen LogP contribution >= 0.6 is 11.6 Å². The number of aryl methyl sites for hydroxylation is 2. The van der Waals surface area contributed by atoms with E-state index in [1.54, 1.807) is 48.5 Å². The number of hydrogen-bond acceptors (Lipinski definition) is 2. The van der Waals surface area contributed by atoms with Crippen molar-refractivity contribution in [3.8, 4) is 22.6 Å². The van der Waals surface area contributed by atoms with E-state index in [1.807, 2.05) is 54.8 Å². The van der Waals surface area contributed by atoms with E-state index in [0.29, 0.717) is 22.5 Å². The first kappa shape index (κ1) is 25.4. The van der Waals surface area contributed by atoms with Gasteiger partial charge < -0.3 is 9.88 Å². The van der Waals surface area contributed by atoms with Crippen LogP contribution in [-0.2, 0) is 6.18 Å². The van der Waals surface area contributed by atoms with Crippen molar-refractivity contribution in [1.29, 1.82) is 0 Å². The van der Waals surface area contributed by atoms with E-state index in [-0.39, 0.29) is 16.6 Å². The number of carbonyl (C=O) groups is 1. The van der Waals surface area contributed by atoms with Crippen LogP contribution in [0.4, 0.5) is 18.9 Å². The predicted molar refractivity (Wildman–Crippen MR) is 142 cm³/mol. The van der Waals surface area contributed by atoms with Gasteiger partial charge in [-0.1, -0.05) is 48.0 Å². The van der Waals surface area contributed by atoms with Gasteiger partial charge in [-0.3, -0.25) is 4.79 Å². The molecule has 192 valence electrons. The summed E-state index contributed by atoms with van der Waals surface area (Å²) in [6.07, 6.45) is -4.63. The molecule has 0 bridgehead atoms. The normalized spacial score (nSPS) is 11.5. The highest BCUT2D eigenvalue weighted by Crippen LogP contribution is 2.35. The fourth-order valence-electron chi connectivity index (χ4n) is 4.34. The van der Waals surface area contributed by atoms with Gasteiger partial charge in [0, 0.05) is 22.5 Å². The van der Waals surface area contributed by atoms with E-state index >= 15 is 0 Å². The number of carbonyl (C=O) groups excluding carboxylic acids is 1. The van der Waals surface area contributed by atoms with Gasteiger partial charge in [0.05, 0.1) is 27.8 Å². The Morgan fingerprint density at radius 3 is 2.08 bits per heavy atom. The molecule has 5 nitrogen and oxygen atoms in total. The average molecular weight is 535 g/mol. The fourth-order valence-corrected chi connectivity index (χ4v) is 4.56. The molecule has 1 N–H and O–H groups in total. The van der Waals surface area contributed by atoms with E-state index < -0.39 is 11.9 Å². The minimum Gasteiger partial charge on any atom is -0.320 e. The zero-order valence-electron chi connectivity index (χ0n) is 20.4. The summed E-state index contributed by atoms with van der Waals surface area (Å²) in [6.45, 7) is 3.98. The van der Waals surface area contributed by atoms with Crippen LogP contribution in [0.15, 0.2) is 91.0 Å². The Morgan fingerprint density at radius 1 is 0.842 bits per heavy atom. The lowest BCUT2D eigenvalue weighted by atomic mass is 10.1. The Morgan fingerprint density at radius 2 is 1.45 bits per heavy atom. The highest BCUT2D eigenvalue weighted by atomic mass is 35.5. The first-order valence-electron chi connectivity index (χ1n) is 11.7. The number of anilines is 1. The predicted octanol–water partition coefficient (Wildman–Crippen LogP) is 7.87. The summed E-state index contributed by atoms with van der Waals surface area (Å²) in [5, 5.41) is 6.99. The maximum atomic E-state index is 13.5. The number of hydrogen-bond donors (Lipinski definition) is 1. The maximum absolute atomic E-state index is 13.5. The standard InChI is InChI=1S/C29H22ClF3N4O/c1-18-11-12-19(2)36(18)25-10-6-4-8-23(25)34-28(38)21-15-13-20(14-16-21)26-17-27(29(31,32)33)35-37(26)24-9-5-3-7-22(24)30/h3-17H,1-2H3,(H,34,38). The Labute approximate surface area is 222 Å². The number of nitrogens with zero attached hydrogens (tertiary/aromatic N) is 3. The molecule has 1 amide bonds. The van der Waals surface area contributed by atoms with Gasteiger partial charge >= 0.3 is 6.18 Å². The van der Waals surface area contributed by atoms with Crippen molar-refractivity contribution in [2.45, 2.75) is 20.0 Å². The summed E-state index contributed by atoms with van der Waals surface area (Å²) >= 11 is 6.26. The van der Waals surface area contributed by atoms with Gasteiger partial charge in [-0.2, -0.15) is 18.3 Å². The van der Waals surface area contributed by atoms with Crippen LogP contribution in [0.5, 0.6) is 0 Å². The summed E-state index contributed by atoms with van der Waals surface area (Å²) in [7, 11) is 0. The first-order chi connectivity index (χ1) is 18.1. The van der Waals surface area contributed by atoms with Gasteiger partial charge in [0.2, 0.25) is 0 Å². The van der Waals surface area contributed by atoms with Crippen LogP contribution < -0.4 is 5.32 Å². The second-order valence-electron chi connectivity index (χ2n) is 8.78. The maximum Gasteiger partial charge on any atom is 0.435 e. The number of benzene rings is 3. The van der Waals surface area contributed by atoms with Gasteiger partial charge in [-0.25, -0.2) is 4.68 Å². The molecule has 0 saturated heterocycles. The molecule has 5 aromatic rings. The molecule has 0 unspecified atom stereocenters. The smallest absolute Gasteiger partial charge is 0.320 e. The lowest BCUT2D eigenvalue weighted by Gasteiger charge is -2.15. The molecule has 9 heteroatoms. The highest BCUT2D eigenvalue weighted by molar-refractivity contribution is 6.32. The number of alkyl halides is 3. The summed E-state index contributed by atoms with van der Waals surface area (Å²) in [5.74, 6) is -0.345. The molecular formula is C29H22ClF3N4O. The average Bonchev–Trinajstić information content (AvgIpc) is 3.48. The number of halogens is 4. The fraction of sp³-hybridized carbons (Fsp3) is 0.103. The number of aromatic nitrogens is 3. The topological polar surface area (TPSA) is 51.9 Å². The van der Waals surface area contributed by atoms with Crippen molar-refractivity contribution in [2.24, 2.45) is 0 Å². The molecule has 0 aliphatic heterocycles. The molecule has 0 saturated carbocycles. The van der Waals surface area contributed by atoms with Crippen LogP contribution in [-0.4, -0.2) is 20.3 Å². The Hall–Kier alpha value is -4.30. The van der Waals surface area contributed by atoms with Crippen LogP contribution in [0.25, 0.3) is 22.6 Å². The third kappa shape index (κ3) is 4.82. The summed E-state index contributed by atoms with van der Waals surface area (Å²) < 4.78 is 43.7. The Bertz CT molecular complexity index is 1620. The SMILES string of the molecule is Cc1ccc(C)n1-c1ccccc1NC(=O)c1ccc(-c2cc(C(F)(F)F)nn2-c2ccccc2Cl)cc1. The van der Waals surface area contributed by atoms with Gasteiger partial charge in [0.25, 0.3) is 5.91 Å². The molecular weight excluding hydrogens is 513 g/mol. The second-order valence-corrected chi connectivity index (χ2v) is 9.18. The molecule has 2 aromatic heterocycles. The van der Waals surface area contributed by atoms with Crippen molar-refractivity contribution in [1.82, 2.24) is 14.3 Å². The molecule has 0 fully saturated rings.